The van der Waals surface area contributed by atoms with E-state index in [1.54, 1.807) is 0 Å². The fraction of sp³-hybridized carbons (Fsp3) is 0.240. The maximum atomic E-state index is 6.07. The van der Waals surface area contributed by atoms with Crippen molar-refractivity contribution >= 4 is 27.0 Å². The van der Waals surface area contributed by atoms with Crippen LogP contribution in [0.3, 0.4) is 0 Å². The minimum atomic E-state index is 0.645. The number of aryl methyl sites for hydroxylation is 1. The third-order valence-corrected chi connectivity index (χ3v) is 5.85. The van der Waals surface area contributed by atoms with Crippen LogP contribution in [0.5, 0.6) is 5.75 Å². The lowest BCUT2D eigenvalue weighted by Gasteiger charge is -2.12. The summed E-state index contributed by atoms with van der Waals surface area (Å²) >= 11 is 3.68. The van der Waals surface area contributed by atoms with Crippen molar-refractivity contribution in [3.05, 3.63) is 81.8 Å². The summed E-state index contributed by atoms with van der Waals surface area (Å²) in [6.45, 7) is 3.61. The largest absolute Gasteiger partial charge is 0.492 e. The average Bonchev–Trinajstić information content (AvgIpc) is 3.14. The van der Waals surface area contributed by atoms with Crippen molar-refractivity contribution in [2.24, 2.45) is 0 Å². The Morgan fingerprint density at radius 1 is 1.00 bits per heavy atom. The Hall–Kier alpha value is -2.63. The second kappa shape index (κ2) is 9.02. The molecule has 1 heterocycles. The second-order valence-corrected chi connectivity index (χ2v) is 8.71. The summed E-state index contributed by atoms with van der Waals surface area (Å²) in [7, 11) is 4.10. The molecule has 5 heteroatoms. The number of hydrogen-bond acceptors (Lipinski definition) is 3. The summed E-state index contributed by atoms with van der Waals surface area (Å²) in [5.41, 5.74) is 6.67. The van der Waals surface area contributed by atoms with E-state index < -0.39 is 0 Å². The van der Waals surface area contributed by atoms with Crippen LogP contribution in [0.4, 0.5) is 0 Å². The lowest BCUT2D eigenvalue weighted by molar-refractivity contribution is 0.261. The molecule has 154 valence electrons. The number of nitrogens with zero attached hydrogens (tertiary/aromatic N) is 2. The smallest absolute Gasteiger partial charge is 0.138 e. The summed E-state index contributed by atoms with van der Waals surface area (Å²) in [6.07, 6.45) is 0.779. The minimum Gasteiger partial charge on any atom is -0.492 e. The molecule has 0 aliphatic rings. The first-order chi connectivity index (χ1) is 14.5. The first-order valence-electron chi connectivity index (χ1n) is 10.1. The molecule has 4 rings (SSSR count). The van der Waals surface area contributed by atoms with Crippen molar-refractivity contribution in [3.63, 3.8) is 0 Å². The monoisotopic (exact) mass is 463 g/mol. The molecule has 0 aliphatic carbocycles. The number of ether oxygens (including phenoxy) is 1. The van der Waals surface area contributed by atoms with E-state index in [-0.39, 0.29) is 0 Å². The maximum absolute atomic E-state index is 6.07. The first kappa shape index (κ1) is 20.6. The zero-order valence-corrected chi connectivity index (χ0v) is 19.2. The molecule has 0 unspecified atom stereocenters. The summed E-state index contributed by atoms with van der Waals surface area (Å²) in [4.78, 5) is 10.6. The third-order valence-electron chi connectivity index (χ3n) is 5.08. The van der Waals surface area contributed by atoms with Gasteiger partial charge in [0.05, 0.1) is 11.0 Å². The van der Waals surface area contributed by atoms with E-state index in [2.05, 4.69) is 87.3 Å². The zero-order chi connectivity index (χ0) is 21.1. The number of benzene rings is 3. The van der Waals surface area contributed by atoms with E-state index in [1.807, 2.05) is 20.2 Å². The van der Waals surface area contributed by atoms with E-state index in [9.17, 15) is 0 Å². The molecule has 0 radical (unpaired) electrons. The van der Waals surface area contributed by atoms with Crippen LogP contribution in [0.2, 0.25) is 0 Å². The molecule has 4 aromatic rings. The lowest BCUT2D eigenvalue weighted by Crippen LogP contribution is -2.19. The van der Waals surface area contributed by atoms with Gasteiger partial charge in [-0.05, 0) is 50.3 Å². The molecule has 30 heavy (non-hydrogen) atoms. The van der Waals surface area contributed by atoms with Crippen molar-refractivity contribution in [1.29, 1.82) is 0 Å². The molecule has 4 nitrogen and oxygen atoms in total. The van der Waals surface area contributed by atoms with Crippen LogP contribution in [-0.2, 0) is 6.42 Å². The van der Waals surface area contributed by atoms with Gasteiger partial charge in [-0.3, -0.25) is 0 Å². The molecule has 0 saturated heterocycles. The predicted octanol–water partition coefficient (Wildman–Crippen LogP) is 5.83. The van der Waals surface area contributed by atoms with Gasteiger partial charge in [0.25, 0.3) is 0 Å². The Morgan fingerprint density at radius 3 is 2.60 bits per heavy atom. The Kier molecular flexibility index (Phi) is 6.21. The van der Waals surface area contributed by atoms with Crippen LogP contribution in [0.25, 0.3) is 22.4 Å². The molecular formula is C25H26BrN3O. The maximum Gasteiger partial charge on any atom is 0.138 e. The highest BCUT2D eigenvalue weighted by Crippen LogP contribution is 2.30. The van der Waals surface area contributed by atoms with Crippen LogP contribution in [0, 0.1) is 6.92 Å². The van der Waals surface area contributed by atoms with Gasteiger partial charge >= 0.3 is 0 Å². The zero-order valence-electron chi connectivity index (χ0n) is 17.6. The van der Waals surface area contributed by atoms with Crippen molar-refractivity contribution < 1.29 is 4.74 Å². The quantitative estimate of drug-likeness (QED) is 0.374. The Balaban J connectivity index is 1.76. The number of rotatable bonds is 7. The van der Waals surface area contributed by atoms with Gasteiger partial charge in [-0.15, -0.1) is 0 Å². The number of aromatic nitrogens is 2. The molecule has 0 bridgehead atoms. The average molecular weight is 464 g/mol. The van der Waals surface area contributed by atoms with Crippen LogP contribution in [-0.4, -0.2) is 42.1 Å². The number of imidazole rings is 1. The summed E-state index contributed by atoms with van der Waals surface area (Å²) in [6, 6.07) is 20.9. The van der Waals surface area contributed by atoms with Gasteiger partial charge in [0.1, 0.15) is 18.2 Å². The molecule has 0 saturated carbocycles. The van der Waals surface area contributed by atoms with Crippen molar-refractivity contribution in [1.82, 2.24) is 14.9 Å². The van der Waals surface area contributed by atoms with Gasteiger partial charge in [-0.25, -0.2) is 4.98 Å². The number of aromatic amines is 1. The molecule has 0 fully saturated rings. The van der Waals surface area contributed by atoms with Crippen LogP contribution in [0.1, 0.15) is 16.7 Å². The fourth-order valence-electron chi connectivity index (χ4n) is 3.50. The van der Waals surface area contributed by atoms with Gasteiger partial charge in [0, 0.05) is 29.1 Å². The normalized spacial score (nSPS) is 11.4. The highest BCUT2D eigenvalue weighted by atomic mass is 79.9. The Labute approximate surface area is 186 Å². The Bertz CT molecular complexity index is 1170. The summed E-state index contributed by atoms with van der Waals surface area (Å²) in [5.74, 6) is 1.75. The van der Waals surface area contributed by atoms with Gasteiger partial charge in [0.2, 0.25) is 0 Å². The molecule has 1 aromatic heterocycles. The van der Waals surface area contributed by atoms with E-state index in [4.69, 9.17) is 9.72 Å². The number of nitrogens with one attached hydrogen (secondary N) is 1. The van der Waals surface area contributed by atoms with E-state index >= 15 is 0 Å². The number of likely N-dealkylation sites (N-methyl/N-ethyl adjacent to an activating group) is 1. The Morgan fingerprint density at radius 2 is 1.83 bits per heavy atom. The fourth-order valence-corrected chi connectivity index (χ4v) is 3.93. The van der Waals surface area contributed by atoms with Crippen molar-refractivity contribution in [3.8, 4) is 17.1 Å². The number of halogens is 1. The number of hydrogen-bond donors (Lipinski definition) is 1. The van der Waals surface area contributed by atoms with Gasteiger partial charge in [0.15, 0.2) is 0 Å². The second-order valence-electron chi connectivity index (χ2n) is 7.85. The van der Waals surface area contributed by atoms with Crippen molar-refractivity contribution in [2.75, 3.05) is 27.2 Å². The molecule has 0 amide bonds. The van der Waals surface area contributed by atoms with Crippen LogP contribution >= 0.6 is 15.9 Å². The highest BCUT2D eigenvalue weighted by molar-refractivity contribution is 9.10. The number of H-pyrrole nitrogens is 1. The minimum absolute atomic E-state index is 0.645. The van der Waals surface area contributed by atoms with Crippen molar-refractivity contribution in [2.45, 2.75) is 13.3 Å². The predicted molar refractivity (Wildman–Crippen MR) is 127 cm³/mol. The molecule has 0 aliphatic heterocycles. The summed E-state index contributed by atoms with van der Waals surface area (Å²) in [5, 5.41) is 0. The molecule has 0 atom stereocenters. The summed E-state index contributed by atoms with van der Waals surface area (Å²) < 4.78 is 7.17. The van der Waals surface area contributed by atoms with E-state index in [1.165, 1.54) is 11.1 Å². The van der Waals surface area contributed by atoms with E-state index in [0.29, 0.717) is 6.61 Å². The van der Waals surface area contributed by atoms with E-state index in [0.717, 1.165) is 51.2 Å². The third kappa shape index (κ3) is 4.74. The SMILES string of the molecule is Cc1cccc(-c2nc3c(Cc4ccccc4Br)cc(OCCN(C)C)cc3[nH]2)c1. The molecule has 0 spiro atoms. The van der Waals surface area contributed by atoms with Gasteiger partial charge in [-0.1, -0.05) is 57.9 Å². The van der Waals surface area contributed by atoms with Gasteiger partial charge in [-0.2, -0.15) is 0 Å². The first-order valence-corrected chi connectivity index (χ1v) is 10.9. The van der Waals surface area contributed by atoms with Gasteiger partial charge < -0.3 is 14.6 Å². The topological polar surface area (TPSA) is 41.1 Å². The molecular weight excluding hydrogens is 438 g/mol. The standard InChI is InChI=1S/C25H26BrN3O/c1-17-7-6-9-19(13-17)25-27-23-16-21(30-12-11-29(2)3)15-20(24(23)28-25)14-18-8-4-5-10-22(18)26/h4-10,13,15-16H,11-12,14H2,1-3H3,(H,27,28). The van der Waals surface area contributed by atoms with Crippen LogP contribution < -0.4 is 4.74 Å². The lowest BCUT2D eigenvalue weighted by atomic mass is 10.0. The van der Waals surface area contributed by atoms with Crippen LogP contribution in [0.15, 0.2) is 65.1 Å². The molecule has 3 aromatic carbocycles. The highest BCUT2D eigenvalue weighted by Gasteiger charge is 2.13. The number of fused-ring (bicyclic) bond motifs is 1. The molecule has 1 N–H and O–H groups in total.